The van der Waals surface area contributed by atoms with Crippen LogP contribution in [-0.2, 0) is 4.79 Å². The molecule has 1 aromatic rings. The van der Waals surface area contributed by atoms with E-state index in [0.717, 1.165) is 36.8 Å². The first-order chi connectivity index (χ1) is 8.16. The molecule has 0 unspecified atom stereocenters. The topological polar surface area (TPSA) is 54.0 Å². The lowest BCUT2D eigenvalue weighted by Crippen LogP contribution is -2.34. The molecule has 0 atom stereocenters. The van der Waals surface area contributed by atoms with E-state index in [1.54, 1.807) is 0 Å². The van der Waals surface area contributed by atoms with E-state index in [1.165, 1.54) is 11.3 Å². The van der Waals surface area contributed by atoms with E-state index in [-0.39, 0.29) is 24.2 Å². The Balaban J connectivity index is 0.00000162. The van der Waals surface area contributed by atoms with Crippen LogP contribution in [0.25, 0.3) is 0 Å². The third-order valence-electron chi connectivity index (χ3n) is 3.05. The Labute approximate surface area is 118 Å². The van der Waals surface area contributed by atoms with Crippen molar-refractivity contribution in [1.82, 2.24) is 10.3 Å². The molecule has 18 heavy (non-hydrogen) atoms. The Hall–Kier alpha value is -0.650. The van der Waals surface area contributed by atoms with Crippen LogP contribution < -0.4 is 10.6 Å². The molecule has 2 heterocycles. The van der Waals surface area contributed by atoms with Gasteiger partial charge in [0.15, 0.2) is 5.13 Å². The number of piperidine rings is 1. The van der Waals surface area contributed by atoms with Gasteiger partial charge in [0.25, 0.3) is 0 Å². The maximum absolute atomic E-state index is 12.0. The molecule has 0 aromatic carbocycles. The molecule has 1 aromatic heterocycles. The summed E-state index contributed by atoms with van der Waals surface area (Å²) < 4.78 is 0. The number of amides is 1. The van der Waals surface area contributed by atoms with Crippen molar-refractivity contribution in [1.29, 1.82) is 0 Å². The summed E-state index contributed by atoms with van der Waals surface area (Å²) in [5.74, 6) is 0.676. The van der Waals surface area contributed by atoms with E-state index >= 15 is 0 Å². The first-order valence-electron chi connectivity index (χ1n) is 6.14. The maximum Gasteiger partial charge on any atom is 0.229 e. The highest BCUT2D eigenvalue weighted by Crippen LogP contribution is 2.22. The number of nitrogens with zero attached hydrogens (tertiary/aromatic N) is 1. The van der Waals surface area contributed by atoms with Crippen LogP contribution in [0.15, 0.2) is 5.38 Å². The molecule has 1 amide bonds. The number of aromatic nitrogens is 1. The summed E-state index contributed by atoms with van der Waals surface area (Å²) >= 11 is 1.51. The van der Waals surface area contributed by atoms with E-state index in [2.05, 4.69) is 29.5 Å². The standard InChI is InChI=1S/C12H19N3OS.ClH/c1-8(2)10-7-17-12(14-10)15-11(16)9-3-5-13-6-4-9;/h7-9,13H,3-6H2,1-2H3,(H,14,15,16);1H. The van der Waals surface area contributed by atoms with Gasteiger partial charge in [-0.1, -0.05) is 13.8 Å². The molecule has 1 saturated heterocycles. The van der Waals surface area contributed by atoms with Crippen molar-refractivity contribution in [2.45, 2.75) is 32.6 Å². The van der Waals surface area contributed by atoms with E-state index in [9.17, 15) is 4.79 Å². The number of rotatable bonds is 3. The summed E-state index contributed by atoms with van der Waals surface area (Å²) in [7, 11) is 0. The molecule has 2 rings (SSSR count). The smallest absolute Gasteiger partial charge is 0.229 e. The van der Waals surface area contributed by atoms with Crippen LogP contribution in [0.3, 0.4) is 0 Å². The lowest BCUT2D eigenvalue weighted by atomic mass is 9.97. The largest absolute Gasteiger partial charge is 0.317 e. The minimum atomic E-state index is 0. The maximum atomic E-state index is 12.0. The van der Waals surface area contributed by atoms with Gasteiger partial charge in [0, 0.05) is 11.3 Å². The molecule has 0 bridgehead atoms. The van der Waals surface area contributed by atoms with Crippen LogP contribution in [0, 0.1) is 5.92 Å². The fraction of sp³-hybridized carbons (Fsp3) is 0.667. The first kappa shape index (κ1) is 15.4. The molecule has 0 spiro atoms. The van der Waals surface area contributed by atoms with Crippen molar-refractivity contribution in [2.75, 3.05) is 18.4 Å². The molecule has 0 aliphatic carbocycles. The van der Waals surface area contributed by atoms with Gasteiger partial charge in [-0.25, -0.2) is 4.98 Å². The average Bonchev–Trinajstić information content (AvgIpc) is 2.79. The Morgan fingerprint density at radius 3 is 2.72 bits per heavy atom. The Kier molecular flexibility index (Phi) is 6.05. The number of anilines is 1. The normalized spacial score (nSPS) is 16.4. The number of thiazole rings is 1. The SMILES string of the molecule is CC(C)c1csc(NC(=O)C2CCNCC2)n1.Cl. The van der Waals surface area contributed by atoms with Gasteiger partial charge in [-0.3, -0.25) is 4.79 Å². The number of carbonyl (C=O) groups is 1. The Morgan fingerprint density at radius 1 is 1.50 bits per heavy atom. The first-order valence-corrected chi connectivity index (χ1v) is 7.02. The molecule has 6 heteroatoms. The number of carbonyl (C=O) groups excluding carboxylic acids is 1. The summed E-state index contributed by atoms with van der Waals surface area (Å²) in [5.41, 5.74) is 1.05. The van der Waals surface area contributed by atoms with Gasteiger partial charge in [0.2, 0.25) is 5.91 Å². The minimum absolute atomic E-state index is 0. The number of hydrogen-bond donors (Lipinski definition) is 2. The van der Waals surface area contributed by atoms with Crippen LogP contribution in [-0.4, -0.2) is 24.0 Å². The van der Waals surface area contributed by atoms with E-state index in [1.807, 2.05) is 5.38 Å². The van der Waals surface area contributed by atoms with Crippen molar-refractivity contribution in [2.24, 2.45) is 5.92 Å². The lowest BCUT2D eigenvalue weighted by molar-refractivity contribution is -0.120. The summed E-state index contributed by atoms with van der Waals surface area (Å²) in [6.45, 7) is 6.08. The molecule has 1 aliphatic heterocycles. The van der Waals surface area contributed by atoms with Crippen LogP contribution in [0.5, 0.6) is 0 Å². The van der Waals surface area contributed by atoms with Crippen LogP contribution >= 0.6 is 23.7 Å². The highest BCUT2D eigenvalue weighted by molar-refractivity contribution is 7.13. The summed E-state index contributed by atoms with van der Waals surface area (Å²) in [6.07, 6.45) is 1.85. The molecular weight excluding hydrogens is 270 g/mol. The third kappa shape index (κ3) is 3.93. The fourth-order valence-electron chi connectivity index (χ4n) is 1.90. The molecule has 1 aliphatic rings. The fourth-order valence-corrected chi connectivity index (χ4v) is 2.78. The van der Waals surface area contributed by atoms with Crippen molar-refractivity contribution >= 4 is 34.8 Å². The zero-order valence-corrected chi connectivity index (χ0v) is 12.4. The van der Waals surface area contributed by atoms with Crippen LogP contribution in [0.4, 0.5) is 5.13 Å². The zero-order valence-electron chi connectivity index (χ0n) is 10.7. The molecule has 0 saturated carbocycles. The molecule has 2 N–H and O–H groups in total. The number of halogens is 1. The quantitative estimate of drug-likeness (QED) is 0.899. The lowest BCUT2D eigenvalue weighted by Gasteiger charge is -2.21. The monoisotopic (exact) mass is 289 g/mol. The number of nitrogens with one attached hydrogen (secondary N) is 2. The third-order valence-corrected chi connectivity index (χ3v) is 3.83. The van der Waals surface area contributed by atoms with Crippen molar-refractivity contribution < 1.29 is 4.79 Å². The van der Waals surface area contributed by atoms with E-state index < -0.39 is 0 Å². The van der Waals surface area contributed by atoms with E-state index in [0.29, 0.717) is 5.92 Å². The highest BCUT2D eigenvalue weighted by Gasteiger charge is 2.21. The molecule has 1 fully saturated rings. The average molecular weight is 290 g/mol. The minimum Gasteiger partial charge on any atom is -0.317 e. The summed E-state index contributed by atoms with van der Waals surface area (Å²) in [4.78, 5) is 16.4. The van der Waals surface area contributed by atoms with E-state index in [4.69, 9.17) is 0 Å². The molecule has 4 nitrogen and oxygen atoms in total. The predicted octanol–water partition coefficient (Wildman–Crippen LogP) is 2.63. The second-order valence-electron chi connectivity index (χ2n) is 4.75. The summed E-state index contributed by atoms with van der Waals surface area (Å²) in [6, 6.07) is 0. The summed E-state index contributed by atoms with van der Waals surface area (Å²) in [5, 5.41) is 8.94. The predicted molar refractivity (Wildman–Crippen MR) is 77.7 cm³/mol. The Bertz CT molecular complexity index is 388. The Morgan fingerprint density at radius 2 is 2.17 bits per heavy atom. The van der Waals surface area contributed by atoms with Gasteiger partial charge in [-0.15, -0.1) is 23.7 Å². The van der Waals surface area contributed by atoms with Crippen LogP contribution in [0.2, 0.25) is 0 Å². The van der Waals surface area contributed by atoms with Crippen molar-refractivity contribution in [3.05, 3.63) is 11.1 Å². The zero-order chi connectivity index (χ0) is 12.3. The van der Waals surface area contributed by atoms with Gasteiger partial charge in [-0.05, 0) is 31.8 Å². The van der Waals surface area contributed by atoms with Gasteiger partial charge in [-0.2, -0.15) is 0 Å². The van der Waals surface area contributed by atoms with Gasteiger partial charge < -0.3 is 10.6 Å². The van der Waals surface area contributed by atoms with Gasteiger partial charge in [0.1, 0.15) is 0 Å². The van der Waals surface area contributed by atoms with Crippen molar-refractivity contribution in [3.63, 3.8) is 0 Å². The molecular formula is C12H20ClN3OS. The second-order valence-corrected chi connectivity index (χ2v) is 5.60. The second kappa shape index (κ2) is 7.07. The van der Waals surface area contributed by atoms with Gasteiger partial charge >= 0.3 is 0 Å². The molecule has 0 radical (unpaired) electrons. The number of hydrogen-bond acceptors (Lipinski definition) is 4. The van der Waals surface area contributed by atoms with Crippen molar-refractivity contribution in [3.8, 4) is 0 Å². The highest BCUT2D eigenvalue weighted by atomic mass is 35.5. The molecule has 102 valence electrons. The van der Waals surface area contributed by atoms with Crippen LogP contribution in [0.1, 0.15) is 38.3 Å². The van der Waals surface area contributed by atoms with Gasteiger partial charge in [0.05, 0.1) is 5.69 Å².